The van der Waals surface area contributed by atoms with E-state index >= 15 is 0 Å². The summed E-state index contributed by atoms with van der Waals surface area (Å²) in [6.45, 7) is 1.37. The molecule has 2 heterocycles. The Bertz CT molecular complexity index is 908. The van der Waals surface area contributed by atoms with Crippen LogP contribution in [0.15, 0.2) is 48.2 Å². The van der Waals surface area contributed by atoms with Gasteiger partial charge in [-0.05, 0) is 36.6 Å². The minimum Gasteiger partial charge on any atom is -0.439 e. The SMILES string of the molecule is N#C/C(=C\c1ccc(Oc2ccc([N+](=O)[O-])cn2)cc1)C(=O)N1CCCC1. The number of benzene rings is 1. The van der Waals surface area contributed by atoms with Gasteiger partial charge in [0.1, 0.15) is 23.6 Å². The fraction of sp³-hybridized carbons (Fsp3) is 0.211. The first-order valence-electron chi connectivity index (χ1n) is 8.36. The second kappa shape index (κ2) is 8.10. The van der Waals surface area contributed by atoms with Crippen molar-refractivity contribution in [2.45, 2.75) is 12.8 Å². The van der Waals surface area contributed by atoms with Crippen LogP contribution < -0.4 is 4.74 Å². The predicted molar refractivity (Wildman–Crippen MR) is 96.8 cm³/mol. The first kappa shape index (κ1) is 18.1. The number of amides is 1. The molecule has 0 saturated carbocycles. The van der Waals surface area contributed by atoms with Crippen molar-refractivity contribution in [1.29, 1.82) is 5.26 Å². The van der Waals surface area contributed by atoms with Crippen LogP contribution in [0.5, 0.6) is 11.6 Å². The highest BCUT2D eigenvalue weighted by Crippen LogP contribution is 2.22. The molecule has 0 atom stereocenters. The summed E-state index contributed by atoms with van der Waals surface area (Å²) < 4.78 is 5.53. The number of aromatic nitrogens is 1. The molecular weight excluding hydrogens is 348 g/mol. The number of nitriles is 1. The van der Waals surface area contributed by atoms with Crippen LogP contribution in [-0.4, -0.2) is 33.8 Å². The number of pyridine rings is 1. The van der Waals surface area contributed by atoms with Crippen LogP contribution in [0, 0.1) is 21.4 Å². The topological polar surface area (TPSA) is 109 Å². The van der Waals surface area contributed by atoms with Crippen molar-refractivity contribution in [2.75, 3.05) is 13.1 Å². The highest BCUT2D eigenvalue weighted by atomic mass is 16.6. The normalized spacial score (nSPS) is 13.9. The number of carbonyl (C=O) groups is 1. The molecule has 8 heteroatoms. The molecule has 0 radical (unpaired) electrons. The fourth-order valence-corrected chi connectivity index (χ4v) is 2.69. The summed E-state index contributed by atoms with van der Waals surface area (Å²) in [6, 6.07) is 11.5. The Morgan fingerprint density at radius 3 is 2.48 bits per heavy atom. The van der Waals surface area contributed by atoms with Crippen LogP contribution in [0.25, 0.3) is 6.08 Å². The standard InChI is InChI=1S/C19H16N4O4/c20-12-15(19(24)22-9-1-2-10-22)11-14-3-6-17(7-4-14)27-18-8-5-16(13-21-18)23(25)26/h3-8,11,13H,1-2,9-10H2/b15-11+. The Labute approximate surface area is 155 Å². The number of hydrogen-bond acceptors (Lipinski definition) is 6. The van der Waals surface area contributed by atoms with E-state index in [1.807, 2.05) is 6.07 Å². The van der Waals surface area contributed by atoms with Crippen LogP contribution in [0.4, 0.5) is 5.69 Å². The second-order valence-corrected chi connectivity index (χ2v) is 5.95. The maximum absolute atomic E-state index is 12.3. The molecule has 0 N–H and O–H groups in total. The van der Waals surface area contributed by atoms with E-state index in [4.69, 9.17) is 4.74 Å². The molecular formula is C19H16N4O4. The summed E-state index contributed by atoms with van der Waals surface area (Å²) in [7, 11) is 0. The molecule has 1 saturated heterocycles. The number of nitro groups is 1. The van der Waals surface area contributed by atoms with Gasteiger partial charge in [-0.2, -0.15) is 5.26 Å². The molecule has 1 aromatic heterocycles. The van der Waals surface area contributed by atoms with E-state index in [0.29, 0.717) is 24.4 Å². The lowest BCUT2D eigenvalue weighted by Crippen LogP contribution is -2.28. The third-order valence-corrected chi connectivity index (χ3v) is 4.09. The Hall–Kier alpha value is -3.73. The molecule has 1 aliphatic heterocycles. The predicted octanol–water partition coefficient (Wildman–Crippen LogP) is 3.31. The lowest BCUT2D eigenvalue weighted by atomic mass is 10.1. The minimum absolute atomic E-state index is 0.0996. The summed E-state index contributed by atoms with van der Waals surface area (Å²) >= 11 is 0. The highest BCUT2D eigenvalue weighted by molar-refractivity contribution is 6.01. The average Bonchev–Trinajstić information content (AvgIpc) is 3.22. The average molecular weight is 364 g/mol. The van der Waals surface area contributed by atoms with E-state index in [1.54, 1.807) is 35.2 Å². The van der Waals surface area contributed by atoms with Crippen molar-refractivity contribution in [3.05, 3.63) is 63.8 Å². The summed E-state index contributed by atoms with van der Waals surface area (Å²) in [6.07, 6.45) is 4.60. The summed E-state index contributed by atoms with van der Waals surface area (Å²) in [5, 5.41) is 19.9. The van der Waals surface area contributed by atoms with Crippen molar-refractivity contribution in [1.82, 2.24) is 9.88 Å². The smallest absolute Gasteiger partial charge is 0.287 e. The van der Waals surface area contributed by atoms with Gasteiger partial charge in [0.05, 0.1) is 4.92 Å². The minimum atomic E-state index is -0.534. The fourth-order valence-electron chi connectivity index (χ4n) is 2.69. The van der Waals surface area contributed by atoms with Crippen molar-refractivity contribution in [3.8, 4) is 17.7 Å². The molecule has 0 bridgehead atoms. The molecule has 1 fully saturated rings. The molecule has 0 aliphatic carbocycles. The number of hydrogen-bond donors (Lipinski definition) is 0. The molecule has 8 nitrogen and oxygen atoms in total. The van der Waals surface area contributed by atoms with Gasteiger partial charge in [-0.15, -0.1) is 0 Å². The highest BCUT2D eigenvalue weighted by Gasteiger charge is 2.21. The summed E-state index contributed by atoms with van der Waals surface area (Å²) in [4.78, 5) is 28.0. The van der Waals surface area contributed by atoms with Crippen LogP contribution in [-0.2, 0) is 4.79 Å². The maximum Gasteiger partial charge on any atom is 0.287 e. The Morgan fingerprint density at radius 2 is 1.93 bits per heavy atom. The summed E-state index contributed by atoms with van der Waals surface area (Å²) in [5.41, 5.74) is 0.681. The molecule has 3 rings (SSSR count). The van der Waals surface area contributed by atoms with E-state index in [2.05, 4.69) is 4.98 Å². The Balaban J connectivity index is 1.69. The largest absolute Gasteiger partial charge is 0.439 e. The zero-order valence-corrected chi connectivity index (χ0v) is 14.4. The molecule has 2 aromatic rings. The molecule has 0 spiro atoms. The van der Waals surface area contributed by atoms with E-state index in [-0.39, 0.29) is 23.0 Å². The molecule has 1 aromatic carbocycles. The first-order valence-corrected chi connectivity index (χ1v) is 8.36. The third kappa shape index (κ3) is 4.46. The van der Waals surface area contributed by atoms with Gasteiger partial charge < -0.3 is 9.64 Å². The molecule has 1 amide bonds. The van der Waals surface area contributed by atoms with Gasteiger partial charge in [0, 0.05) is 25.2 Å². The van der Waals surface area contributed by atoms with Crippen LogP contribution in [0.1, 0.15) is 18.4 Å². The maximum atomic E-state index is 12.3. The quantitative estimate of drug-likeness (QED) is 0.348. The van der Waals surface area contributed by atoms with Gasteiger partial charge in [0.2, 0.25) is 5.88 Å². The monoisotopic (exact) mass is 364 g/mol. The zero-order valence-electron chi connectivity index (χ0n) is 14.4. The lowest BCUT2D eigenvalue weighted by molar-refractivity contribution is -0.385. The van der Waals surface area contributed by atoms with Crippen LogP contribution in [0.2, 0.25) is 0 Å². The van der Waals surface area contributed by atoms with E-state index in [1.165, 1.54) is 12.1 Å². The Kier molecular flexibility index (Phi) is 5.42. The van der Waals surface area contributed by atoms with Gasteiger partial charge in [-0.3, -0.25) is 14.9 Å². The number of nitrogens with zero attached hydrogens (tertiary/aromatic N) is 4. The van der Waals surface area contributed by atoms with Gasteiger partial charge >= 0.3 is 0 Å². The third-order valence-electron chi connectivity index (χ3n) is 4.09. The first-order chi connectivity index (χ1) is 13.1. The van der Waals surface area contributed by atoms with Crippen molar-refractivity contribution >= 4 is 17.7 Å². The van der Waals surface area contributed by atoms with Crippen LogP contribution in [0.3, 0.4) is 0 Å². The second-order valence-electron chi connectivity index (χ2n) is 5.95. The van der Waals surface area contributed by atoms with Gasteiger partial charge in [0.15, 0.2) is 0 Å². The van der Waals surface area contributed by atoms with E-state index in [9.17, 15) is 20.2 Å². The zero-order chi connectivity index (χ0) is 19.2. The molecule has 1 aliphatic rings. The van der Waals surface area contributed by atoms with Crippen molar-refractivity contribution < 1.29 is 14.5 Å². The number of likely N-dealkylation sites (tertiary alicyclic amines) is 1. The van der Waals surface area contributed by atoms with Crippen molar-refractivity contribution in [2.24, 2.45) is 0 Å². The van der Waals surface area contributed by atoms with Crippen molar-refractivity contribution in [3.63, 3.8) is 0 Å². The number of carbonyl (C=O) groups excluding carboxylic acids is 1. The van der Waals surface area contributed by atoms with Gasteiger partial charge in [-0.25, -0.2) is 4.98 Å². The molecule has 27 heavy (non-hydrogen) atoms. The van der Waals surface area contributed by atoms with Gasteiger partial charge in [-0.1, -0.05) is 12.1 Å². The van der Waals surface area contributed by atoms with Gasteiger partial charge in [0.25, 0.3) is 11.6 Å². The lowest BCUT2D eigenvalue weighted by Gasteiger charge is -2.14. The van der Waals surface area contributed by atoms with E-state index in [0.717, 1.165) is 19.0 Å². The number of rotatable bonds is 5. The van der Waals surface area contributed by atoms with E-state index < -0.39 is 4.92 Å². The Morgan fingerprint density at radius 1 is 1.22 bits per heavy atom. The number of ether oxygens (including phenoxy) is 1. The van der Waals surface area contributed by atoms with Crippen LogP contribution >= 0.6 is 0 Å². The summed E-state index contributed by atoms with van der Waals surface area (Å²) in [5.74, 6) is 0.467. The molecule has 136 valence electrons. The molecule has 0 unspecified atom stereocenters.